The van der Waals surface area contributed by atoms with Gasteiger partial charge in [-0.25, -0.2) is 9.97 Å². The first-order valence-electron chi connectivity index (χ1n) is 9.87. The van der Waals surface area contributed by atoms with E-state index >= 15 is 0 Å². The van der Waals surface area contributed by atoms with Crippen molar-refractivity contribution in [2.24, 2.45) is 0 Å². The first-order valence-corrected chi connectivity index (χ1v) is 9.87. The highest BCUT2D eigenvalue weighted by atomic mass is 15.2. The molecule has 0 aliphatic heterocycles. The van der Waals surface area contributed by atoms with Crippen LogP contribution < -0.4 is 5.32 Å². The van der Waals surface area contributed by atoms with Gasteiger partial charge < -0.3 is 5.32 Å². The highest BCUT2D eigenvalue weighted by molar-refractivity contribution is 5.54. The summed E-state index contributed by atoms with van der Waals surface area (Å²) in [6.45, 7) is 4.19. The summed E-state index contributed by atoms with van der Waals surface area (Å²) < 4.78 is 2.21. The molecule has 0 saturated heterocycles. The van der Waals surface area contributed by atoms with Crippen molar-refractivity contribution in [3.63, 3.8) is 0 Å². The number of fused-ring (bicyclic) bond motifs is 1. The smallest absolute Gasteiger partial charge is 0.236 e. The Kier molecular flexibility index (Phi) is 4.91. The van der Waals surface area contributed by atoms with Gasteiger partial charge in [0.05, 0.1) is 5.69 Å². The minimum Gasteiger partial charge on any atom is -0.367 e. The summed E-state index contributed by atoms with van der Waals surface area (Å²) in [5, 5.41) is 3.83. The van der Waals surface area contributed by atoms with Crippen LogP contribution in [0.15, 0.2) is 36.4 Å². The third-order valence-electron chi connectivity index (χ3n) is 5.42. The summed E-state index contributed by atoms with van der Waals surface area (Å²) in [4.78, 5) is 9.58. The minimum atomic E-state index is 0.555. The van der Waals surface area contributed by atoms with Gasteiger partial charge in [-0.15, -0.1) is 0 Å². The second kappa shape index (κ2) is 7.48. The minimum absolute atomic E-state index is 0.555. The second-order valence-electron chi connectivity index (χ2n) is 7.55. The molecule has 1 N–H and O–H groups in total. The zero-order chi connectivity index (χ0) is 17.9. The van der Waals surface area contributed by atoms with Gasteiger partial charge in [0.1, 0.15) is 5.82 Å². The number of rotatable bonds is 5. The Hall–Kier alpha value is -2.36. The van der Waals surface area contributed by atoms with Crippen LogP contribution in [0.3, 0.4) is 0 Å². The molecule has 0 atom stereocenters. The molecule has 136 valence electrons. The molecule has 4 heteroatoms. The lowest BCUT2D eigenvalue weighted by atomic mass is 9.95. The Morgan fingerprint density at radius 2 is 1.77 bits per heavy atom. The van der Waals surface area contributed by atoms with Gasteiger partial charge in [0, 0.05) is 17.4 Å². The fraction of sp³-hybridized carbons (Fsp3) is 0.455. The molecule has 0 bridgehead atoms. The molecule has 0 spiro atoms. The van der Waals surface area contributed by atoms with Crippen LogP contribution in [-0.2, 0) is 12.8 Å². The van der Waals surface area contributed by atoms with Crippen LogP contribution in [0, 0.1) is 13.8 Å². The van der Waals surface area contributed by atoms with Crippen LogP contribution >= 0.6 is 0 Å². The van der Waals surface area contributed by atoms with E-state index in [1.165, 1.54) is 43.4 Å². The van der Waals surface area contributed by atoms with E-state index in [1.54, 1.807) is 0 Å². The molecule has 1 fully saturated rings. The molecule has 1 saturated carbocycles. The lowest BCUT2D eigenvalue weighted by molar-refractivity contribution is 0.461. The molecule has 3 aromatic rings. The normalized spacial score (nSPS) is 15.5. The Balaban J connectivity index is 1.67. The monoisotopic (exact) mass is 348 g/mol. The van der Waals surface area contributed by atoms with Crippen molar-refractivity contribution < 1.29 is 0 Å². The number of anilines is 1. The lowest BCUT2D eigenvalue weighted by Crippen LogP contribution is -2.24. The average molecular weight is 348 g/mol. The summed E-state index contributed by atoms with van der Waals surface area (Å²) in [5.41, 5.74) is 4.72. The quantitative estimate of drug-likeness (QED) is 0.715. The molecule has 26 heavy (non-hydrogen) atoms. The predicted molar refractivity (Wildman–Crippen MR) is 107 cm³/mol. The SMILES string of the molecule is Cc1cc(C)n2c(NC3CCCCC3)c(CCc3ccccc3)nc2n1. The summed E-state index contributed by atoms with van der Waals surface area (Å²) in [6.07, 6.45) is 8.45. The largest absolute Gasteiger partial charge is 0.367 e. The van der Waals surface area contributed by atoms with Crippen molar-refractivity contribution in [3.05, 3.63) is 59.0 Å². The topological polar surface area (TPSA) is 42.2 Å². The number of hydrogen-bond acceptors (Lipinski definition) is 3. The summed E-state index contributed by atoms with van der Waals surface area (Å²) >= 11 is 0. The third kappa shape index (κ3) is 3.59. The molecular formula is C22H28N4. The maximum absolute atomic E-state index is 4.90. The van der Waals surface area contributed by atoms with Crippen molar-refractivity contribution in [1.29, 1.82) is 0 Å². The number of nitrogens with zero attached hydrogens (tertiary/aromatic N) is 3. The molecular weight excluding hydrogens is 320 g/mol. The van der Waals surface area contributed by atoms with Crippen molar-refractivity contribution in [3.8, 4) is 0 Å². The standard InChI is InChI=1S/C22H28N4/c1-16-15-17(2)26-21(24-19-11-7-4-8-12-19)20(25-22(26)23-16)14-13-18-9-5-3-6-10-18/h3,5-6,9-10,15,19,24H,4,7-8,11-14H2,1-2H3. The van der Waals surface area contributed by atoms with E-state index in [9.17, 15) is 0 Å². The van der Waals surface area contributed by atoms with Gasteiger partial charge in [-0.05, 0) is 51.2 Å². The Morgan fingerprint density at radius 3 is 2.54 bits per heavy atom. The summed E-state index contributed by atoms with van der Waals surface area (Å²) in [5.74, 6) is 1.98. The highest BCUT2D eigenvalue weighted by Crippen LogP contribution is 2.26. The second-order valence-corrected chi connectivity index (χ2v) is 7.55. The van der Waals surface area contributed by atoms with Gasteiger partial charge in [-0.1, -0.05) is 49.6 Å². The number of aryl methyl sites for hydroxylation is 4. The molecule has 2 aromatic heterocycles. The molecule has 0 radical (unpaired) electrons. The van der Waals surface area contributed by atoms with Crippen LogP contribution in [0.25, 0.3) is 5.78 Å². The molecule has 1 aromatic carbocycles. The van der Waals surface area contributed by atoms with Gasteiger partial charge in [0.25, 0.3) is 0 Å². The maximum Gasteiger partial charge on any atom is 0.236 e. The van der Waals surface area contributed by atoms with E-state index < -0.39 is 0 Å². The van der Waals surface area contributed by atoms with Gasteiger partial charge in [-0.3, -0.25) is 4.40 Å². The highest BCUT2D eigenvalue weighted by Gasteiger charge is 2.20. The summed E-state index contributed by atoms with van der Waals surface area (Å²) in [7, 11) is 0. The van der Waals surface area contributed by atoms with E-state index in [2.05, 4.69) is 58.0 Å². The van der Waals surface area contributed by atoms with Crippen molar-refractivity contribution in [2.75, 3.05) is 5.32 Å². The van der Waals surface area contributed by atoms with E-state index in [1.807, 2.05) is 6.92 Å². The number of aromatic nitrogens is 3. The zero-order valence-corrected chi connectivity index (χ0v) is 15.8. The molecule has 2 heterocycles. The maximum atomic E-state index is 4.90. The van der Waals surface area contributed by atoms with Crippen LogP contribution in [0.1, 0.15) is 54.7 Å². The molecule has 4 nitrogen and oxygen atoms in total. The van der Waals surface area contributed by atoms with Crippen LogP contribution in [0.2, 0.25) is 0 Å². The van der Waals surface area contributed by atoms with E-state index in [0.29, 0.717) is 6.04 Å². The third-order valence-corrected chi connectivity index (χ3v) is 5.42. The zero-order valence-electron chi connectivity index (χ0n) is 15.8. The Labute approximate surface area is 155 Å². The molecule has 1 aliphatic rings. The predicted octanol–water partition coefficient (Wildman–Crippen LogP) is 4.88. The number of imidazole rings is 1. The van der Waals surface area contributed by atoms with Gasteiger partial charge in [0.15, 0.2) is 0 Å². The number of benzene rings is 1. The molecule has 1 aliphatic carbocycles. The first kappa shape index (κ1) is 17.1. The molecule has 0 amide bonds. The van der Waals surface area contributed by atoms with Crippen molar-refractivity contribution in [1.82, 2.24) is 14.4 Å². The fourth-order valence-corrected chi connectivity index (χ4v) is 4.09. The summed E-state index contributed by atoms with van der Waals surface area (Å²) in [6, 6.07) is 13.4. The number of nitrogens with one attached hydrogen (secondary N) is 1. The van der Waals surface area contributed by atoms with E-state index in [-0.39, 0.29) is 0 Å². The molecule has 4 rings (SSSR count). The number of hydrogen-bond donors (Lipinski definition) is 1. The molecule has 0 unspecified atom stereocenters. The van der Waals surface area contributed by atoms with Crippen LogP contribution in [0.4, 0.5) is 5.82 Å². The first-order chi connectivity index (χ1) is 12.7. The Bertz CT molecular complexity index is 876. The van der Waals surface area contributed by atoms with Crippen LogP contribution in [0.5, 0.6) is 0 Å². The van der Waals surface area contributed by atoms with E-state index in [4.69, 9.17) is 4.98 Å². The van der Waals surface area contributed by atoms with E-state index in [0.717, 1.165) is 35.8 Å². The Morgan fingerprint density at radius 1 is 1.00 bits per heavy atom. The van der Waals surface area contributed by atoms with Crippen molar-refractivity contribution >= 4 is 11.6 Å². The van der Waals surface area contributed by atoms with Gasteiger partial charge >= 0.3 is 0 Å². The van der Waals surface area contributed by atoms with Crippen molar-refractivity contribution in [2.45, 2.75) is 64.8 Å². The van der Waals surface area contributed by atoms with Crippen LogP contribution in [-0.4, -0.2) is 20.4 Å². The van der Waals surface area contributed by atoms with Gasteiger partial charge in [0.2, 0.25) is 5.78 Å². The van der Waals surface area contributed by atoms with Gasteiger partial charge in [-0.2, -0.15) is 0 Å². The average Bonchev–Trinajstić information content (AvgIpc) is 2.99. The fourth-order valence-electron chi connectivity index (χ4n) is 4.09. The lowest BCUT2D eigenvalue weighted by Gasteiger charge is -2.24.